The van der Waals surface area contributed by atoms with Crippen LogP contribution in [-0.2, 0) is 11.2 Å². The molecule has 0 saturated heterocycles. The summed E-state index contributed by atoms with van der Waals surface area (Å²) in [6, 6.07) is 14.0. The Kier molecular flexibility index (Phi) is 5.29. The van der Waals surface area contributed by atoms with Gasteiger partial charge in [-0.2, -0.15) is 0 Å². The molecular weight excluding hydrogens is 439 g/mol. The predicted octanol–water partition coefficient (Wildman–Crippen LogP) is 4.83. The van der Waals surface area contributed by atoms with Crippen LogP contribution in [0.4, 0.5) is 0 Å². The summed E-state index contributed by atoms with van der Waals surface area (Å²) in [6.07, 6.45) is 0.0709. The second-order valence-electron chi connectivity index (χ2n) is 3.88. The molecule has 2 aromatic carbocycles. The summed E-state index contributed by atoms with van der Waals surface area (Å²) in [7, 11) is 0. The van der Waals surface area contributed by atoms with Gasteiger partial charge in [-0.15, -0.1) is 0 Å². The molecule has 98 valence electrons. The van der Waals surface area contributed by atoms with E-state index in [-0.39, 0.29) is 6.42 Å². The molecule has 5 heteroatoms. The van der Waals surface area contributed by atoms with E-state index in [2.05, 4.69) is 38.5 Å². The number of halogens is 2. The Bertz CT molecular complexity index is 599. The molecule has 0 bridgehead atoms. The van der Waals surface area contributed by atoms with E-state index in [1.807, 2.05) is 42.5 Å². The fourth-order valence-electron chi connectivity index (χ4n) is 1.54. The van der Waals surface area contributed by atoms with Gasteiger partial charge in [0, 0.05) is 17.8 Å². The number of rotatable bonds is 4. The van der Waals surface area contributed by atoms with Gasteiger partial charge in [-0.1, -0.05) is 33.8 Å². The van der Waals surface area contributed by atoms with Crippen molar-refractivity contribution in [3.8, 4) is 0 Å². The van der Waals surface area contributed by atoms with Crippen molar-refractivity contribution in [2.45, 2.75) is 16.2 Å². The lowest BCUT2D eigenvalue weighted by molar-refractivity contribution is -0.136. The Labute approximate surface area is 137 Å². The summed E-state index contributed by atoms with van der Waals surface area (Å²) in [5, 5.41) is 8.81. The molecule has 2 nitrogen and oxygen atoms in total. The number of hydrogen-bond acceptors (Lipinski definition) is 2. The van der Waals surface area contributed by atoms with Crippen LogP contribution >= 0.6 is 50.3 Å². The minimum atomic E-state index is -0.800. The van der Waals surface area contributed by atoms with Crippen molar-refractivity contribution in [1.82, 2.24) is 0 Å². The third-order valence-corrected chi connectivity index (χ3v) is 4.95. The summed E-state index contributed by atoms with van der Waals surface area (Å²) in [4.78, 5) is 13.0. The van der Waals surface area contributed by atoms with E-state index in [0.717, 1.165) is 23.4 Å². The lowest BCUT2D eigenvalue weighted by Gasteiger charge is -2.06. The Morgan fingerprint density at radius 2 is 1.79 bits per heavy atom. The van der Waals surface area contributed by atoms with Crippen molar-refractivity contribution in [2.75, 3.05) is 0 Å². The number of carboxylic acid groups (broad SMARTS) is 1. The van der Waals surface area contributed by atoms with Crippen LogP contribution in [0.1, 0.15) is 5.56 Å². The molecule has 19 heavy (non-hydrogen) atoms. The molecule has 0 radical (unpaired) electrons. The SMILES string of the molecule is O=C(O)Cc1ccc(Sc2ccc(Br)cc2)cc1I. The first-order valence-electron chi connectivity index (χ1n) is 5.48. The predicted molar refractivity (Wildman–Crippen MR) is 88.8 cm³/mol. The molecule has 0 amide bonds. The first kappa shape index (κ1) is 14.9. The zero-order valence-corrected chi connectivity index (χ0v) is 14.3. The Morgan fingerprint density at radius 3 is 2.37 bits per heavy atom. The zero-order valence-electron chi connectivity index (χ0n) is 9.77. The van der Waals surface area contributed by atoms with Gasteiger partial charge in [0.2, 0.25) is 0 Å². The standard InChI is InChI=1S/C14H10BrIO2S/c15-10-2-5-11(6-3-10)19-12-4-1-9(7-14(17)18)13(16)8-12/h1-6,8H,7H2,(H,17,18). The van der Waals surface area contributed by atoms with Gasteiger partial charge in [-0.25, -0.2) is 0 Å². The van der Waals surface area contributed by atoms with Gasteiger partial charge in [0.15, 0.2) is 0 Å². The number of benzene rings is 2. The number of aliphatic carboxylic acids is 1. The smallest absolute Gasteiger partial charge is 0.307 e. The van der Waals surface area contributed by atoms with E-state index in [9.17, 15) is 4.79 Å². The van der Waals surface area contributed by atoms with E-state index in [1.54, 1.807) is 11.8 Å². The maximum absolute atomic E-state index is 10.7. The molecule has 0 aliphatic carbocycles. The maximum Gasteiger partial charge on any atom is 0.307 e. The first-order valence-corrected chi connectivity index (χ1v) is 8.17. The van der Waals surface area contributed by atoms with Gasteiger partial charge < -0.3 is 5.11 Å². The summed E-state index contributed by atoms with van der Waals surface area (Å²) >= 11 is 7.26. The molecule has 0 aliphatic heterocycles. The third-order valence-electron chi connectivity index (χ3n) is 2.42. The lowest BCUT2D eigenvalue weighted by atomic mass is 10.2. The van der Waals surface area contributed by atoms with Gasteiger partial charge >= 0.3 is 5.97 Å². The van der Waals surface area contributed by atoms with Crippen LogP contribution in [0.5, 0.6) is 0 Å². The highest BCUT2D eigenvalue weighted by Gasteiger charge is 2.06. The van der Waals surface area contributed by atoms with Gasteiger partial charge in [-0.3, -0.25) is 4.79 Å². The molecule has 2 rings (SSSR count). The molecule has 0 saturated carbocycles. The van der Waals surface area contributed by atoms with E-state index in [4.69, 9.17) is 5.11 Å². The molecule has 2 aromatic rings. The van der Waals surface area contributed by atoms with E-state index >= 15 is 0 Å². The topological polar surface area (TPSA) is 37.3 Å². The molecule has 0 unspecified atom stereocenters. The molecule has 1 N–H and O–H groups in total. The normalized spacial score (nSPS) is 10.4. The van der Waals surface area contributed by atoms with Gasteiger partial charge in [-0.05, 0) is 64.6 Å². The van der Waals surface area contributed by atoms with Crippen LogP contribution in [0.15, 0.2) is 56.7 Å². The summed E-state index contributed by atoms with van der Waals surface area (Å²) < 4.78 is 2.05. The summed E-state index contributed by atoms with van der Waals surface area (Å²) in [5.74, 6) is -0.800. The highest BCUT2D eigenvalue weighted by atomic mass is 127. The molecule has 0 fully saturated rings. The van der Waals surface area contributed by atoms with Crippen LogP contribution in [-0.4, -0.2) is 11.1 Å². The molecule has 0 atom stereocenters. The second kappa shape index (κ2) is 6.76. The maximum atomic E-state index is 10.7. The first-order chi connectivity index (χ1) is 9.04. The van der Waals surface area contributed by atoms with Crippen LogP contribution < -0.4 is 0 Å². The molecule has 0 heterocycles. The number of carbonyl (C=O) groups is 1. The quantitative estimate of drug-likeness (QED) is 0.680. The third kappa shape index (κ3) is 4.50. The average Bonchev–Trinajstić information content (AvgIpc) is 2.35. The molecule has 0 spiro atoms. The van der Waals surface area contributed by atoms with Gasteiger partial charge in [0.1, 0.15) is 0 Å². The fraction of sp³-hybridized carbons (Fsp3) is 0.0714. The van der Waals surface area contributed by atoms with Crippen molar-refractivity contribution in [1.29, 1.82) is 0 Å². The van der Waals surface area contributed by atoms with E-state index in [1.165, 1.54) is 0 Å². The summed E-state index contributed by atoms with van der Waals surface area (Å²) in [5.41, 5.74) is 0.855. The largest absolute Gasteiger partial charge is 0.481 e. The van der Waals surface area contributed by atoms with Crippen molar-refractivity contribution >= 4 is 56.3 Å². The minimum Gasteiger partial charge on any atom is -0.481 e. The van der Waals surface area contributed by atoms with Crippen molar-refractivity contribution in [3.63, 3.8) is 0 Å². The Hall–Kier alpha value is -0.530. The summed E-state index contributed by atoms with van der Waals surface area (Å²) in [6.45, 7) is 0. The molecular formula is C14H10BrIO2S. The van der Waals surface area contributed by atoms with Crippen LogP contribution in [0.2, 0.25) is 0 Å². The second-order valence-corrected chi connectivity index (χ2v) is 7.10. The van der Waals surface area contributed by atoms with Crippen molar-refractivity contribution < 1.29 is 9.90 Å². The van der Waals surface area contributed by atoms with Crippen molar-refractivity contribution in [2.24, 2.45) is 0 Å². The highest BCUT2D eigenvalue weighted by molar-refractivity contribution is 14.1. The number of carboxylic acids is 1. The molecule has 0 aliphatic rings. The molecule has 0 aromatic heterocycles. The van der Waals surface area contributed by atoms with E-state index in [0.29, 0.717) is 0 Å². The van der Waals surface area contributed by atoms with Crippen molar-refractivity contribution in [3.05, 3.63) is 56.1 Å². The lowest BCUT2D eigenvalue weighted by Crippen LogP contribution is -2.01. The average molecular weight is 449 g/mol. The fourth-order valence-corrected chi connectivity index (χ4v) is 3.58. The monoisotopic (exact) mass is 448 g/mol. The van der Waals surface area contributed by atoms with Gasteiger partial charge in [0.25, 0.3) is 0 Å². The van der Waals surface area contributed by atoms with Crippen LogP contribution in [0.25, 0.3) is 0 Å². The highest BCUT2D eigenvalue weighted by Crippen LogP contribution is 2.30. The minimum absolute atomic E-state index is 0.0709. The van der Waals surface area contributed by atoms with Gasteiger partial charge in [0.05, 0.1) is 6.42 Å². The Morgan fingerprint density at radius 1 is 1.16 bits per heavy atom. The van der Waals surface area contributed by atoms with Crippen LogP contribution in [0.3, 0.4) is 0 Å². The number of hydrogen-bond donors (Lipinski definition) is 1. The van der Waals surface area contributed by atoms with E-state index < -0.39 is 5.97 Å². The zero-order chi connectivity index (χ0) is 13.8. The van der Waals surface area contributed by atoms with Crippen LogP contribution in [0, 0.1) is 3.57 Å². The Balaban J connectivity index is 2.15.